The Bertz CT molecular complexity index is 317. The predicted molar refractivity (Wildman–Crippen MR) is 68.7 cm³/mol. The summed E-state index contributed by atoms with van der Waals surface area (Å²) in [5.41, 5.74) is 7.02. The van der Waals surface area contributed by atoms with Crippen molar-refractivity contribution in [3.63, 3.8) is 0 Å². The highest BCUT2D eigenvalue weighted by molar-refractivity contribution is 7.99. The molecule has 2 unspecified atom stereocenters. The van der Waals surface area contributed by atoms with Crippen LogP contribution in [0.25, 0.3) is 0 Å². The SMILES string of the molecule is CC(N)c1ccc(SCC2CCOC2)cc1. The highest BCUT2D eigenvalue weighted by atomic mass is 32.2. The molecule has 0 saturated carbocycles. The molecule has 0 radical (unpaired) electrons. The van der Waals surface area contributed by atoms with Gasteiger partial charge in [-0.25, -0.2) is 0 Å². The summed E-state index contributed by atoms with van der Waals surface area (Å²) in [6.07, 6.45) is 1.21. The zero-order chi connectivity index (χ0) is 11.4. The first-order valence-corrected chi connectivity index (χ1v) is 6.80. The summed E-state index contributed by atoms with van der Waals surface area (Å²) in [4.78, 5) is 1.33. The van der Waals surface area contributed by atoms with Crippen LogP contribution in [0.4, 0.5) is 0 Å². The minimum absolute atomic E-state index is 0.127. The van der Waals surface area contributed by atoms with E-state index in [4.69, 9.17) is 10.5 Å². The van der Waals surface area contributed by atoms with Crippen molar-refractivity contribution in [3.8, 4) is 0 Å². The van der Waals surface area contributed by atoms with Crippen LogP contribution in [0.1, 0.15) is 24.9 Å². The molecule has 1 saturated heterocycles. The number of thioether (sulfide) groups is 1. The molecular weight excluding hydrogens is 218 g/mol. The van der Waals surface area contributed by atoms with E-state index in [2.05, 4.69) is 24.3 Å². The Hall–Kier alpha value is -0.510. The average Bonchev–Trinajstić information content (AvgIpc) is 2.80. The maximum absolute atomic E-state index is 5.81. The third kappa shape index (κ3) is 3.24. The molecule has 1 aromatic rings. The van der Waals surface area contributed by atoms with E-state index < -0.39 is 0 Å². The quantitative estimate of drug-likeness (QED) is 0.818. The molecule has 0 aliphatic carbocycles. The van der Waals surface area contributed by atoms with Crippen LogP contribution in [0.2, 0.25) is 0 Å². The second kappa shape index (κ2) is 5.71. The lowest BCUT2D eigenvalue weighted by Gasteiger charge is -2.09. The Morgan fingerprint density at radius 2 is 2.19 bits per heavy atom. The first-order chi connectivity index (χ1) is 7.75. The predicted octanol–water partition coefficient (Wildman–Crippen LogP) is 2.83. The summed E-state index contributed by atoms with van der Waals surface area (Å²) in [5.74, 6) is 1.90. The molecule has 1 fully saturated rings. The van der Waals surface area contributed by atoms with Crippen molar-refractivity contribution >= 4 is 11.8 Å². The molecule has 0 aromatic heterocycles. The van der Waals surface area contributed by atoms with Crippen molar-refractivity contribution in [1.29, 1.82) is 0 Å². The van der Waals surface area contributed by atoms with Crippen LogP contribution in [0, 0.1) is 5.92 Å². The Morgan fingerprint density at radius 1 is 1.44 bits per heavy atom. The Morgan fingerprint density at radius 3 is 2.75 bits per heavy atom. The lowest BCUT2D eigenvalue weighted by atomic mass is 10.1. The van der Waals surface area contributed by atoms with Gasteiger partial charge in [0.25, 0.3) is 0 Å². The number of nitrogens with two attached hydrogens (primary N) is 1. The van der Waals surface area contributed by atoms with Crippen LogP contribution in [0.3, 0.4) is 0 Å². The lowest BCUT2D eigenvalue weighted by Crippen LogP contribution is -2.04. The maximum atomic E-state index is 5.81. The van der Waals surface area contributed by atoms with Gasteiger partial charge in [0, 0.05) is 23.3 Å². The minimum atomic E-state index is 0.127. The van der Waals surface area contributed by atoms with Crippen molar-refractivity contribution < 1.29 is 4.74 Å². The second-order valence-corrected chi connectivity index (χ2v) is 5.49. The van der Waals surface area contributed by atoms with Gasteiger partial charge in [0.1, 0.15) is 0 Å². The lowest BCUT2D eigenvalue weighted by molar-refractivity contribution is 0.189. The average molecular weight is 237 g/mol. The number of rotatable bonds is 4. The monoisotopic (exact) mass is 237 g/mol. The van der Waals surface area contributed by atoms with E-state index in [9.17, 15) is 0 Å². The summed E-state index contributed by atoms with van der Waals surface area (Å²) in [6, 6.07) is 8.71. The Labute approximate surface area is 102 Å². The van der Waals surface area contributed by atoms with Gasteiger partial charge in [-0.2, -0.15) is 0 Å². The second-order valence-electron chi connectivity index (χ2n) is 4.40. The molecule has 2 nitrogen and oxygen atoms in total. The van der Waals surface area contributed by atoms with Gasteiger partial charge in [0.2, 0.25) is 0 Å². The first kappa shape index (κ1) is 12.0. The molecule has 0 spiro atoms. The Balaban J connectivity index is 1.84. The van der Waals surface area contributed by atoms with Gasteiger partial charge < -0.3 is 10.5 Å². The minimum Gasteiger partial charge on any atom is -0.381 e. The molecule has 2 rings (SSSR count). The summed E-state index contributed by atoms with van der Waals surface area (Å²) in [6.45, 7) is 3.89. The molecule has 1 aromatic carbocycles. The zero-order valence-corrected chi connectivity index (χ0v) is 10.5. The van der Waals surface area contributed by atoms with Gasteiger partial charge in [-0.15, -0.1) is 11.8 Å². The van der Waals surface area contributed by atoms with Crippen molar-refractivity contribution in [2.24, 2.45) is 11.7 Å². The molecule has 1 aliphatic heterocycles. The molecule has 3 heteroatoms. The van der Waals surface area contributed by atoms with Crippen LogP contribution in [-0.2, 0) is 4.74 Å². The van der Waals surface area contributed by atoms with E-state index in [1.807, 2.05) is 18.7 Å². The van der Waals surface area contributed by atoms with Gasteiger partial charge in [0.05, 0.1) is 6.61 Å². The number of hydrogen-bond donors (Lipinski definition) is 1. The third-order valence-electron chi connectivity index (χ3n) is 2.92. The molecule has 0 amide bonds. The van der Waals surface area contributed by atoms with Crippen LogP contribution in [0.15, 0.2) is 29.2 Å². The first-order valence-electron chi connectivity index (χ1n) is 5.82. The van der Waals surface area contributed by atoms with E-state index in [1.54, 1.807) is 0 Å². The fraction of sp³-hybridized carbons (Fsp3) is 0.538. The molecule has 88 valence electrons. The maximum Gasteiger partial charge on any atom is 0.0503 e. The Kier molecular flexibility index (Phi) is 4.27. The molecule has 16 heavy (non-hydrogen) atoms. The van der Waals surface area contributed by atoms with Gasteiger partial charge >= 0.3 is 0 Å². The smallest absolute Gasteiger partial charge is 0.0503 e. The zero-order valence-electron chi connectivity index (χ0n) is 9.69. The molecule has 2 N–H and O–H groups in total. The summed E-state index contributed by atoms with van der Waals surface area (Å²) >= 11 is 1.92. The third-order valence-corrected chi connectivity index (χ3v) is 4.16. The van der Waals surface area contributed by atoms with Crippen LogP contribution >= 0.6 is 11.8 Å². The summed E-state index contributed by atoms with van der Waals surface area (Å²) < 4.78 is 5.37. The molecule has 1 aliphatic rings. The van der Waals surface area contributed by atoms with E-state index in [0.29, 0.717) is 0 Å². The van der Waals surface area contributed by atoms with Gasteiger partial charge in [0.15, 0.2) is 0 Å². The molecular formula is C13H19NOS. The van der Waals surface area contributed by atoms with Crippen molar-refractivity contribution in [2.45, 2.75) is 24.3 Å². The van der Waals surface area contributed by atoms with Crippen LogP contribution < -0.4 is 5.73 Å². The number of hydrogen-bond acceptors (Lipinski definition) is 3. The van der Waals surface area contributed by atoms with E-state index in [1.165, 1.54) is 16.9 Å². The molecule has 2 atom stereocenters. The fourth-order valence-corrected chi connectivity index (χ4v) is 2.82. The van der Waals surface area contributed by atoms with E-state index in [-0.39, 0.29) is 6.04 Å². The highest BCUT2D eigenvalue weighted by Gasteiger charge is 2.15. The largest absolute Gasteiger partial charge is 0.381 e. The van der Waals surface area contributed by atoms with Crippen molar-refractivity contribution in [3.05, 3.63) is 29.8 Å². The number of ether oxygens (including phenoxy) is 1. The standard InChI is InChI=1S/C13H19NOS/c1-10(14)12-2-4-13(5-3-12)16-9-11-6-7-15-8-11/h2-5,10-11H,6-9,14H2,1H3. The molecule has 0 bridgehead atoms. The summed E-state index contributed by atoms with van der Waals surface area (Å²) in [7, 11) is 0. The van der Waals surface area contributed by atoms with Crippen LogP contribution in [-0.4, -0.2) is 19.0 Å². The highest BCUT2D eigenvalue weighted by Crippen LogP contribution is 2.25. The van der Waals surface area contributed by atoms with Gasteiger partial charge in [-0.1, -0.05) is 12.1 Å². The van der Waals surface area contributed by atoms with Crippen molar-refractivity contribution in [2.75, 3.05) is 19.0 Å². The van der Waals surface area contributed by atoms with Crippen LogP contribution in [0.5, 0.6) is 0 Å². The van der Waals surface area contributed by atoms with Gasteiger partial charge in [-0.3, -0.25) is 0 Å². The van der Waals surface area contributed by atoms with E-state index in [0.717, 1.165) is 24.9 Å². The topological polar surface area (TPSA) is 35.2 Å². The molecule has 1 heterocycles. The summed E-state index contributed by atoms with van der Waals surface area (Å²) in [5, 5.41) is 0. The normalized spacial score (nSPS) is 22.2. The number of benzene rings is 1. The van der Waals surface area contributed by atoms with Gasteiger partial charge in [-0.05, 0) is 37.0 Å². The van der Waals surface area contributed by atoms with E-state index >= 15 is 0 Å². The van der Waals surface area contributed by atoms with Crippen molar-refractivity contribution in [1.82, 2.24) is 0 Å². The fourth-order valence-electron chi connectivity index (χ4n) is 1.80.